The van der Waals surface area contributed by atoms with Crippen molar-refractivity contribution in [1.82, 2.24) is 15.8 Å². The van der Waals surface area contributed by atoms with Crippen LogP contribution in [-0.2, 0) is 14.4 Å². The molecule has 0 saturated heterocycles. The van der Waals surface area contributed by atoms with Crippen molar-refractivity contribution < 1.29 is 24.3 Å². The summed E-state index contributed by atoms with van der Waals surface area (Å²) in [5, 5.41) is 10.8. The van der Waals surface area contributed by atoms with Gasteiger partial charge in [-0.1, -0.05) is 13.8 Å². The highest BCUT2D eigenvalue weighted by molar-refractivity contribution is 6.30. The fourth-order valence-electron chi connectivity index (χ4n) is 1.72. The molecule has 0 bridgehead atoms. The second-order valence-corrected chi connectivity index (χ2v) is 6.08. The molecule has 10 heteroatoms. The van der Waals surface area contributed by atoms with Crippen molar-refractivity contribution in [2.24, 2.45) is 11.7 Å². The van der Waals surface area contributed by atoms with Gasteiger partial charge in [0.2, 0.25) is 5.91 Å². The molecule has 0 radical (unpaired) electrons. The van der Waals surface area contributed by atoms with E-state index in [1.54, 1.807) is 0 Å². The number of hydrogen-bond acceptors (Lipinski definition) is 4. The Morgan fingerprint density at radius 3 is 2.17 bits per heavy atom. The van der Waals surface area contributed by atoms with Crippen molar-refractivity contribution in [3.63, 3.8) is 0 Å². The third-order valence-electron chi connectivity index (χ3n) is 2.75. The number of alkyl halides is 1. The molecule has 2 unspecified atom stereocenters. The van der Waals surface area contributed by atoms with Crippen molar-refractivity contribution in [3.05, 3.63) is 0 Å². The Morgan fingerprint density at radius 2 is 1.78 bits per heavy atom. The summed E-state index contributed by atoms with van der Waals surface area (Å²) in [5.74, 6) is -1.95. The van der Waals surface area contributed by atoms with E-state index in [1.165, 1.54) is 6.92 Å². The van der Waals surface area contributed by atoms with Gasteiger partial charge in [0.25, 0.3) is 11.8 Å². The van der Waals surface area contributed by atoms with Gasteiger partial charge in [-0.25, -0.2) is 4.79 Å². The van der Waals surface area contributed by atoms with Crippen LogP contribution >= 0.6 is 11.6 Å². The van der Waals surface area contributed by atoms with E-state index in [2.05, 4.69) is 10.7 Å². The number of primary amides is 1. The first-order chi connectivity index (χ1) is 10.5. The molecule has 0 aromatic carbocycles. The topological polar surface area (TPSA) is 142 Å². The molecule has 0 fully saturated rings. The molecule has 23 heavy (non-hydrogen) atoms. The number of hydrogen-bond donors (Lipinski definition) is 4. The standard InChI is InChI=1S/C13H23ClN4O5/c1-7(2)6-9(16-13(22)23)11(20)17-18(5-4-10(15)19)12(21)8(3)14/h7-9,16H,4-6H2,1-3H3,(H2,15,19)(H,17,20)(H,22,23). The maximum Gasteiger partial charge on any atom is 0.405 e. The zero-order chi connectivity index (χ0) is 18.2. The third-order valence-corrected chi connectivity index (χ3v) is 2.94. The van der Waals surface area contributed by atoms with Crippen LogP contribution in [0, 0.1) is 5.92 Å². The Balaban J connectivity index is 5.03. The largest absolute Gasteiger partial charge is 0.465 e. The van der Waals surface area contributed by atoms with Gasteiger partial charge in [-0.15, -0.1) is 11.6 Å². The first-order valence-electron chi connectivity index (χ1n) is 7.08. The third kappa shape index (κ3) is 8.87. The Morgan fingerprint density at radius 1 is 1.22 bits per heavy atom. The highest BCUT2D eigenvalue weighted by atomic mass is 35.5. The molecule has 0 aromatic heterocycles. The molecule has 0 spiro atoms. The van der Waals surface area contributed by atoms with Crippen molar-refractivity contribution in [3.8, 4) is 0 Å². The molecule has 9 nitrogen and oxygen atoms in total. The lowest BCUT2D eigenvalue weighted by Crippen LogP contribution is -2.56. The number of carbonyl (C=O) groups is 4. The zero-order valence-electron chi connectivity index (χ0n) is 13.3. The van der Waals surface area contributed by atoms with Crippen LogP contribution < -0.4 is 16.5 Å². The first kappa shape index (κ1) is 21.0. The molecule has 0 aliphatic rings. The molecule has 4 amide bonds. The van der Waals surface area contributed by atoms with Gasteiger partial charge in [-0.05, 0) is 19.3 Å². The number of nitrogens with two attached hydrogens (primary N) is 1. The minimum absolute atomic E-state index is 0.0410. The van der Waals surface area contributed by atoms with E-state index >= 15 is 0 Å². The lowest BCUT2D eigenvalue weighted by molar-refractivity contribution is -0.142. The summed E-state index contributed by atoms with van der Waals surface area (Å²) in [7, 11) is 0. The fraction of sp³-hybridized carbons (Fsp3) is 0.692. The highest BCUT2D eigenvalue weighted by Crippen LogP contribution is 2.07. The molecule has 5 N–H and O–H groups in total. The van der Waals surface area contributed by atoms with Gasteiger partial charge in [0.05, 0.1) is 6.54 Å². The van der Waals surface area contributed by atoms with Crippen molar-refractivity contribution >= 4 is 35.4 Å². The van der Waals surface area contributed by atoms with E-state index in [0.717, 1.165) is 5.01 Å². The van der Waals surface area contributed by atoms with Gasteiger partial charge in [0, 0.05) is 6.42 Å². The Kier molecular flexibility index (Phi) is 9.01. The monoisotopic (exact) mass is 350 g/mol. The fourth-order valence-corrected chi connectivity index (χ4v) is 1.84. The van der Waals surface area contributed by atoms with Crippen molar-refractivity contribution in [1.29, 1.82) is 0 Å². The average Bonchev–Trinajstić information content (AvgIpc) is 2.40. The van der Waals surface area contributed by atoms with Crippen LogP contribution in [0.5, 0.6) is 0 Å². The van der Waals surface area contributed by atoms with Crippen molar-refractivity contribution in [2.75, 3.05) is 6.54 Å². The number of hydrazine groups is 1. The predicted molar refractivity (Wildman–Crippen MR) is 83.4 cm³/mol. The van der Waals surface area contributed by atoms with Gasteiger partial charge in [-0.3, -0.25) is 24.8 Å². The van der Waals surface area contributed by atoms with E-state index in [1.807, 2.05) is 13.8 Å². The quantitative estimate of drug-likeness (QED) is 0.361. The maximum absolute atomic E-state index is 12.2. The normalized spacial score (nSPS) is 13.1. The number of nitrogens with one attached hydrogen (secondary N) is 2. The number of nitrogens with zero attached hydrogens (tertiary/aromatic N) is 1. The van der Waals surface area contributed by atoms with Gasteiger partial charge in [0.15, 0.2) is 0 Å². The van der Waals surface area contributed by atoms with Crippen LogP contribution in [0.25, 0.3) is 0 Å². The summed E-state index contributed by atoms with van der Waals surface area (Å²) >= 11 is 5.70. The smallest absolute Gasteiger partial charge is 0.405 e. The molecule has 2 atom stereocenters. The minimum atomic E-state index is -1.36. The number of carbonyl (C=O) groups excluding carboxylic acids is 3. The summed E-state index contributed by atoms with van der Waals surface area (Å²) in [6.45, 7) is 4.90. The summed E-state index contributed by atoms with van der Waals surface area (Å²) in [6.07, 6.45) is -1.28. The summed E-state index contributed by atoms with van der Waals surface area (Å²) < 4.78 is 0. The zero-order valence-corrected chi connectivity index (χ0v) is 14.1. The number of amides is 4. The van der Waals surface area contributed by atoms with E-state index in [4.69, 9.17) is 22.4 Å². The molecule has 0 rings (SSSR count). The molecule has 0 heterocycles. The molecule has 0 aliphatic heterocycles. The van der Waals surface area contributed by atoms with Crippen LogP contribution in [0.2, 0.25) is 0 Å². The number of halogens is 1. The Labute approximate surface area is 139 Å². The molecule has 132 valence electrons. The minimum Gasteiger partial charge on any atom is -0.465 e. The predicted octanol–water partition coefficient (Wildman–Crippen LogP) is 0.0312. The molecule has 0 saturated carbocycles. The van der Waals surface area contributed by atoms with E-state index in [-0.39, 0.29) is 25.3 Å². The van der Waals surface area contributed by atoms with Crippen molar-refractivity contribution in [2.45, 2.75) is 45.0 Å². The van der Waals surface area contributed by atoms with Gasteiger partial charge in [-0.2, -0.15) is 0 Å². The van der Waals surface area contributed by atoms with Gasteiger partial charge >= 0.3 is 6.09 Å². The van der Waals surface area contributed by atoms with Crippen LogP contribution in [0.4, 0.5) is 4.79 Å². The van der Waals surface area contributed by atoms with Gasteiger partial charge in [0.1, 0.15) is 11.4 Å². The van der Waals surface area contributed by atoms with E-state index in [0.29, 0.717) is 0 Å². The second-order valence-electron chi connectivity index (χ2n) is 5.43. The first-order valence-corrected chi connectivity index (χ1v) is 7.51. The Hall–Kier alpha value is -2.03. The lowest BCUT2D eigenvalue weighted by atomic mass is 10.0. The van der Waals surface area contributed by atoms with Crippen LogP contribution in [0.3, 0.4) is 0 Å². The summed E-state index contributed by atoms with van der Waals surface area (Å²) in [6, 6.07) is -1.04. The SMILES string of the molecule is CC(C)CC(NC(=O)O)C(=O)NN(CCC(N)=O)C(=O)C(C)Cl. The number of rotatable bonds is 8. The van der Waals surface area contributed by atoms with E-state index < -0.39 is 35.2 Å². The number of carboxylic acid groups (broad SMARTS) is 1. The summed E-state index contributed by atoms with van der Waals surface area (Å²) in [5.41, 5.74) is 7.32. The van der Waals surface area contributed by atoms with Crippen LogP contribution in [0.1, 0.15) is 33.6 Å². The average molecular weight is 351 g/mol. The molecular formula is C13H23ClN4O5. The maximum atomic E-state index is 12.2. The van der Waals surface area contributed by atoms with E-state index in [9.17, 15) is 19.2 Å². The Bertz CT molecular complexity index is 456. The van der Waals surface area contributed by atoms with Crippen LogP contribution in [-0.4, -0.2) is 51.9 Å². The highest BCUT2D eigenvalue weighted by Gasteiger charge is 2.27. The van der Waals surface area contributed by atoms with Crippen LogP contribution in [0.15, 0.2) is 0 Å². The molecule has 0 aromatic rings. The lowest BCUT2D eigenvalue weighted by Gasteiger charge is -2.27. The second kappa shape index (κ2) is 9.88. The van der Waals surface area contributed by atoms with Gasteiger partial charge < -0.3 is 16.2 Å². The molecular weight excluding hydrogens is 328 g/mol. The molecule has 0 aliphatic carbocycles. The summed E-state index contributed by atoms with van der Waals surface area (Å²) in [4.78, 5) is 45.8.